The molecule has 0 atom stereocenters. The highest BCUT2D eigenvalue weighted by Crippen LogP contribution is 2.17. The van der Waals surface area contributed by atoms with Gasteiger partial charge in [-0.1, -0.05) is 59.4 Å². The monoisotopic (exact) mass is 263 g/mol. The summed E-state index contributed by atoms with van der Waals surface area (Å²) in [6.45, 7) is 0. The summed E-state index contributed by atoms with van der Waals surface area (Å²) in [6, 6.07) is 4.10. The lowest BCUT2D eigenvalue weighted by molar-refractivity contribution is 1.37. The molecule has 2 rings (SSSR count). The number of hydrogen-bond acceptors (Lipinski definition) is 2. The molecule has 0 aliphatic carbocycles. The molecule has 2 aromatic rings. The van der Waals surface area contributed by atoms with Crippen LogP contribution in [0.5, 0.6) is 0 Å². The molecule has 0 fully saturated rings. The Hall–Kier alpha value is -0.890. The summed E-state index contributed by atoms with van der Waals surface area (Å²) >= 11 is 1.75. The van der Waals surface area contributed by atoms with Crippen molar-refractivity contribution in [2.24, 2.45) is 0 Å². The molecule has 0 bridgehead atoms. The topological polar surface area (TPSA) is 12.9 Å². The van der Waals surface area contributed by atoms with E-state index in [1.165, 1.54) is 10.1 Å². The molecule has 0 N–H and O–H groups in total. The average Bonchev–Trinajstić information content (AvgIpc) is 2.33. The van der Waals surface area contributed by atoms with Crippen molar-refractivity contribution in [1.82, 2.24) is 4.98 Å². The Bertz CT molecular complexity index is 285. The molecule has 2 heterocycles. The Morgan fingerprint density at radius 3 is 1.76 bits per heavy atom. The summed E-state index contributed by atoms with van der Waals surface area (Å²) in [4.78, 5) is 3.99. The van der Waals surface area contributed by atoms with Crippen molar-refractivity contribution in [3.63, 3.8) is 0 Å². The van der Waals surface area contributed by atoms with Crippen molar-refractivity contribution < 1.29 is 0 Å². The van der Waals surface area contributed by atoms with Crippen LogP contribution in [-0.4, -0.2) is 4.98 Å². The zero-order valence-electron chi connectivity index (χ0n) is 4.74. The second kappa shape index (κ2) is 20.5. The highest BCUT2D eigenvalue weighted by molar-refractivity contribution is 7.17. The third-order valence-corrected chi connectivity index (χ3v) is 2.15. The van der Waals surface area contributed by atoms with E-state index in [9.17, 15) is 0 Å². The molecule has 108 valence electrons. The normalized spacial score (nSPS) is 5.41. The smallest absolute Gasteiger partial charge is 0.0373 e. The van der Waals surface area contributed by atoms with E-state index in [2.05, 4.69) is 16.4 Å². The fraction of sp³-hybridized carbons (Fsp3) is 0.533. The van der Waals surface area contributed by atoms with E-state index in [0.717, 1.165) is 0 Å². The number of pyridine rings is 1. The van der Waals surface area contributed by atoms with Gasteiger partial charge < -0.3 is 0 Å². The largest absolute Gasteiger partial charge is 0.264 e. The van der Waals surface area contributed by atoms with Gasteiger partial charge in [0.25, 0.3) is 0 Å². The van der Waals surface area contributed by atoms with E-state index >= 15 is 0 Å². The van der Waals surface area contributed by atoms with E-state index in [4.69, 9.17) is 0 Å². The van der Waals surface area contributed by atoms with Crippen LogP contribution in [0.25, 0.3) is 10.1 Å². The first-order chi connectivity index (χ1) is 4.47. The van der Waals surface area contributed by atoms with Crippen molar-refractivity contribution in [1.29, 1.82) is 0 Å². The SMILES string of the molecule is C.C.C.C.C.C.C.C.c1cc2sccc2cn1. The zero-order valence-corrected chi connectivity index (χ0v) is 5.56. The second-order valence-electron chi connectivity index (χ2n) is 1.83. The Balaban J connectivity index is -0.0000000250. The lowest BCUT2D eigenvalue weighted by atomic mass is 10.4. The van der Waals surface area contributed by atoms with Crippen molar-refractivity contribution >= 4 is 21.4 Å². The van der Waals surface area contributed by atoms with Gasteiger partial charge in [0.1, 0.15) is 0 Å². The van der Waals surface area contributed by atoms with Gasteiger partial charge in [0, 0.05) is 22.5 Å². The maximum atomic E-state index is 3.99. The third kappa shape index (κ3) is 10.0. The number of hydrogen-bond donors (Lipinski definition) is 0. The van der Waals surface area contributed by atoms with E-state index in [1.54, 1.807) is 11.3 Å². The minimum atomic E-state index is 0. The molecule has 0 radical (unpaired) electrons. The minimum Gasteiger partial charge on any atom is -0.264 e. The first-order valence-corrected chi connectivity index (χ1v) is 3.62. The predicted molar refractivity (Wildman–Crippen MR) is 93.5 cm³/mol. The first-order valence-electron chi connectivity index (χ1n) is 2.74. The zero-order chi connectivity index (χ0) is 6.10. The van der Waals surface area contributed by atoms with Gasteiger partial charge in [0.2, 0.25) is 0 Å². The minimum absolute atomic E-state index is 0. The Morgan fingerprint density at radius 1 is 0.765 bits per heavy atom. The summed E-state index contributed by atoms with van der Waals surface area (Å²) in [6.07, 6.45) is 3.70. The number of thiophene rings is 1. The number of nitrogens with zero attached hydrogens (tertiary/aromatic N) is 1. The maximum absolute atomic E-state index is 3.99. The first kappa shape index (κ1) is 44.3. The highest BCUT2D eigenvalue weighted by Gasteiger charge is 1.88. The van der Waals surface area contributed by atoms with Crippen LogP contribution >= 0.6 is 11.3 Å². The quantitative estimate of drug-likeness (QED) is 0.483. The number of fused-ring (bicyclic) bond motifs is 1. The van der Waals surface area contributed by atoms with Gasteiger partial charge in [-0.2, -0.15) is 0 Å². The molecule has 0 spiro atoms. The fourth-order valence-electron chi connectivity index (χ4n) is 0.807. The molecule has 0 aromatic carbocycles. The van der Waals surface area contributed by atoms with E-state index < -0.39 is 0 Å². The summed E-state index contributed by atoms with van der Waals surface area (Å²) in [5.41, 5.74) is 0. The number of rotatable bonds is 0. The summed E-state index contributed by atoms with van der Waals surface area (Å²) < 4.78 is 1.31. The van der Waals surface area contributed by atoms with Crippen LogP contribution in [0.15, 0.2) is 29.9 Å². The molecule has 17 heavy (non-hydrogen) atoms. The molecule has 0 saturated carbocycles. The molecule has 0 saturated heterocycles. The maximum Gasteiger partial charge on any atom is 0.0373 e. The van der Waals surface area contributed by atoms with Crippen LogP contribution in [0.2, 0.25) is 0 Å². The van der Waals surface area contributed by atoms with Crippen LogP contribution in [-0.2, 0) is 0 Å². The lowest BCUT2D eigenvalue weighted by Gasteiger charge is -1.81. The van der Waals surface area contributed by atoms with Gasteiger partial charge in [-0.25, -0.2) is 0 Å². The summed E-state index contributed by atoms with van der Waals surface area (Å²) in [7, 11) is 0. The van der Waals surface area contributed by atoms with Crippen LogP contribution in [0, 0.1) is 0 Å². The Kier molecular flexibility index (Phi) is 53.5. The van der Waals surface area contributed by atoms with Crippen LogP contribution < -0.4 is 0 Å². The molecule has 0 amide bonds. The molecule has 2 aromatic heterocycles. The molecular weight excluding hydrogens is 226 g/mol. The second-order valence-corrected chi connectivity index (χ2v) is 2.78. The van der Waals surface area contributed by atoms with Crippen LogP contribution in [0.1, 0.15) is 59.4 Å². The van der Waals surface area contributed by atoms with Gasteiger partial charge >= 0.3 is 0 Å². The number of aromatic nitrogens is 1. The van der Waals surface area contributed by atoms with E-state index in [1.807, 2.05) is 18.5 Å². The molecule has 0 unspecified atom stereocenters. The van der Waals surface area contributed by atoms with Crippen LogP contribution in [0.4, 0.5) is 0 Å². The van der Waals surface area contributed by atoms with Gasteiger partial charge in [-0.15, -0.1) is 11.3 Å². The van der Waals surface area contributed by atoms with Gasteiger partial charge in [-0.3, -0.25) is 4.98 Å². The van der Waals surface area contributed by atoms with Gasteiger partial charge in [0.15, 0.2) is 0 Å². The van der Waals surface area contributed by atoms with Crippen molar-refractivity contribution in [3.8, 4) is 0 Å². The summed E-state index contributed by atoms with van der Waals surface area (Å²) in [5.74, 6) is 0. The molecule has 0 aliphatic rings. The summed E-state index contributed by atoms with van der Waals surface area (Å²) in [5, 5.41) is 3.31. The van der Waals surface area contributed by atoms with Crippen molar-refractivity contribution in [3.05, 3.63) is 29.9 Å². The average molecular weight is 264 g/mol. The fourth-order valence-corrected chi connectivity index (χ4v) is 1.56. The van der Waals surface area contributed by atoms with Crippen LogP contribution in [0.3, 0.4) is 0 Å². The molecule has 2 heteroatoms. The predicted octanol–water partition coefficient (Wildman–Crippen LogP) is 7.39. The third-order valence-electron chi connectivity index (χ3n) is 1.25. The molecular formula is C15H37NS. The molecule has 0 aliphatic heterocycles. The van der Waals surface area contributed by atoms with Gasteiger partial charge in [0.05, 0.1) is 0 Å². The standard InChI is InChI=1S/C7H5NS.8CH4/c1-3-8-5-6-2-4-9-7(1)6;;;;;;;;/h1-5H;8*1H4. The molecule has 1 nitrogen and oxygen atoms in total. The van der Waals surface area contributed by atoms with E-state index in [0.29, 0.717) is 0 Å². The van der Waals surface area contributed by atoms with Crippen molar-refractivity contribution in [2.75, 3.05) is 0 Å². The Labute approximate surface area is 116 Å². The van der Waals surface area contributed by atoms with Crippen molar-refractivity contribution in [2.45, 2.75) is 59.4 Å². The van der Waals surface area contributed by atoms with Gasteiger partial charge in [-0.05, 0) is 17.5 Å². The Morgan fingerprint density at radius 2 is 1.29 bits per heavy atom. The lowest BCUT2D eigenvalue weighted by Crippen LogP contribution is -1.64. The van der Waals surface area contributed by atoms with E-state index in [-0.39, 0.29) is 59.4 Å². The highest BCUT2D eigenvalue weighted by atomic mass is 32.1.